The lowest BCUT2D eigenvalue weighted by Gasteiger charge is -2.21. The van der Waals surface area contributed by atoms with E-state index in [1.54, 1.807) is 0 Å². The van der Waals surface area contributed by atoms with E-state index in [2.05, 4.69) is 0 Å². The van der Waals surface area contributed by atoms with Gasteiger partial charge >= 0.3 is 0 Å². The van der Waals surface area contributed by atoms with Gasteiger partial charge in [-0.15, -0.1) is 0 Å². The number of rotatable bonds is 22. The molecule has 0 aromatic heterocycles. The highest BCUT2D eigenvalue weighted by Gasteiger charge is 2.36. The zero-order chi connectivity index (χ0) is 91.1. The molecule has 0 bridgehead atoms. The lowest BCUT2D eigenvalue weighted by atomic mass is 10.00. The van der Waals surface area contributed by atoms with E-state index in [0.29, 0.717) is 133 Å². The maximum atomic E-state index is 11.9. The van der Waals surface area contributed by atoms with Crippen molar-refractivity contribution in [3.63, 3.8) is 0 Å². The Kier molecular flexibility index (Phi) is 20.8. The van der Waals surface area contributed by atoms with Crippen molar-refractivity contribution in [1.82, 2.24) is 0 Å². The van der Waals surface area contributed by atoms with Crippen LogP contribution in [0.25, 0.3) is 44.5 Å². The fraction of sp³-hybridized carbons (Fsp3) is 0. The van der Waals surface area contributed by atoms with E-state index in [1.807, 2.05) is 0 Å². The molecule has 126 heavy (non-hydrogen) atoms. The lowest BCUT2D eigenvalue weighted by molar-refractivity contribution is 0.328. The number of phenols is 33. The van der Waals surface area contributed by atoms with Gasteiger partial charge in [-0.25, -0.2) is 0 Å². The van der Waals surface area contributed by atoms with Crippen LogP contribution in [0.4, 0.5) is 0 Å². The maximum absolute atomic E-state index is 11.9. The first-order valence-corrected chi connectivity index (χ1v) is 35.0. The summed E-state index contributed by atoms with van der Waals surface area (Å²) in [6.07, 6.45) is 0. The van der Waals surface area contributed by atoms with Crippen LogP contribution in [0, 0.1) is 0 Å². The predicted molar refractivity (Wildman–Crippen MR) is 422 cm³/mol. The summed E-state index contributed by atoms with van der Waals surface area (Å²) in [5.41, 5.74) is -6.76. The zero-order valence-corrected chi connectivity index (χ0v) is 62.4. The van der Waals surface area contributed by atoms with Crippen LogP contribution in [0.1, 0.15) is 0 Å². The molecule has 646 valence electrons. The Hall–Kier alpha value is -19.3. The van der Waals surface area contributed by atoms with E-state index < -0.39 is 338 Å². The number of ether oxygens (including phenoxy) is 9. The molecule has 0 saturated carbocycles. The van der Waals surface area contributed by atoms with Crippen LogP contribution in [0.3, 0.4) is 0 Å². The van der Waals surface area contributed by atoms with Gasteiger partial charge in [0.25, 0.3) is 0 Å². The Labute approximate surface area is 697 Å². The predicted octanol–water partition coefficient (Wildman–Crippen LogP) is 14.8. The number of hydrogen-bond donors (Lipinski definition) is 33. The topological polar surface area (TPSA) is 751 Å². The first-order valence-electron chi connectivity index (χ1n) is 35.0. The maximum Gasteiger partial charge on any atom is 0.212 e. The van der Waals surface area contributed by atoms with Crippen LogP contribution in [0.5, 0.6) is 293 Å². The van der Waals surface area contributed by atoms with Crippen molar-refractivity contribution in [2.24, 2.45) is 0 Å². The minimum Gasteiger partial charge on any atom is -0.508 e. The summed E-state index contributed by atoms with van der Waals surface area (Å²) in [6.45, 7) is 0. The molecular formula is C84H58O42. The van der Waals surface area contributed by atoms with Crippen LogP contribution in [0.15, 0.2) is 152 Å². The van der Waals surface area contributed by atoms with Gasteiger partial charge in [-0.2, -0.15) is 0 Å². The standard InChI is InChI=1S/C84H58O42/c85-26-1-27(86)3-35(2-26)118-82-58(121-76-50(106)18-36(19-51(76)107)119-83-60(123-78-54(110)22-46(102)68(72(78)114)64-38(94)4-28(87)5-39(64)95)14-33(92)15-61(83)124-79-55(111)23-47(103)69(73(79)115)65-40(96)6-29(88)7-41(65)97)12-32(91)13-59(82)122-77-52(108)20-37(21-53(77)109)120-84-62(125-80-56(112)24-48(104)70(74(80)116)66-42(98)8-30(89)9-43(66)99)16-34(93)17-63(84)126-81-57(113)25-49(105)71(75(81)117)67-44(100)10-31(90)11-45(67)101/h1-25,85-117H. The number of benzene rings is 14. The molecule has 0 heterocycles. The van der Waals surface area contributed by atoms with Gasteiger partial charge < -0.3 is 211 Å². The molecule has 0 atom stereocenters. The molecule has 14 aromatic carbocycles. The van der Waals surface area contributed by atoms with Crippen molar-refractivity contribution in [2.75, 3.05) is 0 Å². The zero-order valence-electron chi connectivity index (χ0n) is 62.4. The van der Waals surface area contributed by atoms with Gasteiger partial charge in [0.2, 0.25) is 51.7 Å². The van der Waals surface area contributed by atoms with Gasteiger partial charge in [0, 0.05) is 152 Å². The van der Waals surface area contributed by atoms with Crippen molar-refractivity contribution in [3.05, 3.63) is 152 Å². The quantitative estimate of drug-likeness (QED) is 0.0300. The number of hydrogen-bond acceptors (Lipinski definition) is 42. The van der Waals surface area contributed by atoms with E-state index in [0.717, 1.165) is 18.2 Å². The second-order valence-corrected chi connectivity index (χ2v) is 26.8. The fourth-order valence-corrected chi connectivity index (χ4v) is 12.9. The Bertz CT molecular complexity index is 6060. The minimum atomic E-state index is -1.34. The molecule has 33 N–H and O–H groups in total. The van der Waals surface area contributed by atoms with Crippen molar-refractivity contribution in [1.29, 1.82) is 0 Å². The van der Waals surface area contributed by atoms with Gasteiger partial charge in [0.15, 0.2) is 103 Å². The molecule has 14 aromatic rings. The van der Waals surface area contributed by atoms with Gasteiger partial charge in [0.05, 0.1) is 44.5 Å². The molecule has 0 amide bonds. The summed E-state index contributed by atoms with van der Waals surface area (Å²) < 4.78 is 53.8. The summed E-state index contributed by atoms with van der Waals surface area (Å²) in [7, 11) is 0. The van der Waals surface area contributed by atoms with Gasteiger partial charge in [0.1, 0.15) is 138 Å². The smallest absolute Gasteiger partial charge is 0.212 e. The van der Waals surface area contributed by atoms with E-state index in [-0.39, 0.29) is 0 Å². The Morgan fingerprint density at radius 3 is 0.460 bits per heavy atom. The molecule has 0 aliphatic rings. The normalized spacial score (nSPS) is 11.1. The van der Waals surface area contributed by atoms with Crippen molar-refractivity contribution in [2.45, 2.75) is 0 Å². The second-order valence-electron chi connectivity index (χ2n) is 26.8. The van der Waals surface area contributed by atoms with E-state index in [1.165, 1.54) is 0 Å². The fourth-order valence-electron chi connectivity index (χ4n) is 12.9. The molecule has 0 spiro atoms. The van der Waals surface area contributed by atoms with Crippen LogP contribution < -0.4 is 42.6 Å². The third-order valence-corrected chi connectivity index (χ3v) is 18.1. The highest BCUT2D eigenvalue weighted by atomic mass is 16.6. The number of phenolic OH excluding ortho intramolecular Hbond substituents is 33. The molecule has 0 fully saturated rings. The van der Waals surface area contributed by atoms with Crippen LogP contribution >= 0.6 is 0 Å². The average Bonchev–Trinajstić information content (AvgIpc) is 0.772. The first kappa shape index (κ1) is 83.2. The largest absolute Gasteiger partial charge is 0.508 e. The van der Waals surface area contributed by atoms with Crippen molar-refractivity contribution < 1.29 is 211 Å². The molecule has 0 aliphatic heterocycles. The Morgan fingerprint density at radius 1 is 0.111 bits per heavy atom. The molecule has 42 nitrogen and oxygen atoms in total. The number of aromatic hydroxyl groups is 33. The molecular weight excluding hydrogens is 1680 g/mol. The second kappa shape index (κ2) is 31.5. The van der Waals surface area contributed by atoms with Crippen molar-refractivity contribution >= 4 is 0 Å². The molecule has 0 aliphatic carbocycles. The van der Waals surface area contributed by atoms with Gasteiger partial charge in [-0.1, -0.05) is 0 Å². The third kappa shape index (κ3) is 15.6. The van der Waals surface area contributed by atoms with Crippen molar-refractivity contribution in [3.8, 4) is 338 Å². The van der Waals surface area contributed by atoms with Crippen LogP contribution in [-0.2, 0) is 0 Å². The molecule has 42 heteroatoms. The molecule has 14 rings (SSSR count). The molecule has 0 unspecified atom stereocenters. The highest BCUT2D eigenvalue weighted by Crippen LogP contribution is 2.64. The molecule has 0 radical (unpaired) electrons. The summed E-state index contributed by atoms with van der Waals surface area (Å²) in [5, 5.41) is 366. The summed E-state index contributed by atoms with van der Waals surface area (Å²) >= 11 is 0. The van der Waals surface area contributed by atoms with Crippen LogP contribution in [-0.4, -0.2) is 169 Å². The third-order valence-electron chi connectivity index (χ3n) is 18.1. The Balaban J connectivity index is 0.858. The Morgan fingerprint density at radius 2 is 0.262 bits per heavy atom. The summed E-state index contributed by atoms with van der Waals surface area (Å²) in [5.74, 6) is -51.6. The average molecular weight is 1740 g/mol. The summed E-state index contributed by atoms with van der Waals surface area (Å²) in [6, 6.07) is 16.4. The van der Waals surface area contributed by atoms with Gasteiger partial charge in [-0.05, 0) is 0 Å². The molecule has 0 saturated heterocycles. The monoisotopic (exact) mass is 1740 g/mol. The SMILES string of the molecule is Oc1cc(O)cc(Oc2c(Oc3c(O)cc(Oc4c(Oc5c(O)cc(O)c(-c6c(O)cc(O)cc6O)c5O)cc(O)cc4Oc4c(O)cc(O)c(-c5c(O)cc(O)cc5O)c4O)cc3O)cc(O)cc2Oc2c(O)cc(Oc3c(Oc4c(O)cc(O)c(-c5c(O)cc(O)cc5O)c4O)cc(O)cc3Oc3c(O)cc(O)c(-c4c(O)cc(O)cc4O)c3O)cc2O)c1. The lowest BCUT2D eigenvalue weighted by Crippen LogP contribution is -1.98. The highest BCUT2D eigenvalue weighted by molar-refractivity contribution is 5.93. The van der Waals surface area contributed by atoms with E-state index in [9.17, 15) is 169 Å². The van der Waals surface area contributed by atoms with E-state index in [4.69, 9.17) is 42.6 Å². The summed E-state index contributed by atoms with van der Waals surface area (Å²) in [4.78, 5) is 0. The van der Waals surface area contributed by atoms with E-state index >= 15 is 0 Å². The van der Waals surface area contributed by atoms with Gasteiger partial charge in [-0.3, -0.25) is 0 Å². The minimum absolute atomic E-state index is 0.504. The first-order chi connectivity index (χ1) is 59.5. The van der Waals surface area contributed by atoms with Crippen LogP contribution in [0.2, 0.25) is 0 Å².